The van der Waals surface area contributed by atoms with Crippen molar-refractivity contribution in [3.63, 3.8) is 0 Å². The van der Waals surface area contributed by atoms with Gasteiger partial charge in [-0.05, 0) is 57.8 Å². The van der Waals surface area contributed by atoms with Crippen LogP contribution in [0.15, 0.2) is 24.3 Å². The minimum atomic E-state index is -0.154. The number of nitrogens with zero attached hydrogens (tertiary/aromatic N) is 2. The fraction of sp³-hybridized carbons (Fsp3) is 0.600. The summed E-state index contributed by atoms with van der Waals surface area (Å²) in [5.41, 5.74) is 4.02. The number of rotatable bonds is 3. The molecule has 3 nitrogen and oxygen atoms in total. The first-order chi connectivity index (χ1) is 11.2. The Kier molecular flexibility index (Phi) is 5.38. The number of hydrogen-bond acceptors (Lipinski definition) is 2. The van der Waals surface area contributed by atoms with Crippen LogP contribution in [-0.4, -0.2) is 35.7 Å². The van der Waals surface area contributed by atoms with E-state index in [-0.39, 0.29) is 22.6 Å². The maximum Gasteiger partial charge on any atom is 0.107 e. The predicted molar refractivity (Wildman–Crippen MR) is 105 cm³/mol. The van der Waals surface area contributed by atoms with Gasteiger partial charge in [0.1, 0.15) is 5.60 Å². The summed E-state index contributed by atoms with van der Waals surface area (Å²) in [6.07, 6.45) is 5.20. The van der Waals surface area contributed by atoms with E-state index in [1.807, 2.05) is 0 Å². The van der Waals surface area contributed by atoms with Crippen molar-refractivity contribution in [1.29, 1.82) is 0 Å². The highest BCUT2D eigenvalue weighted by Crippen LogP contribution is 2.40. The summed E-state index contributed by atoms with van der Waals surface area (Å²) in [6, 6.07) is 8.80. The molecule has 24 heavy (non-hydrogen) atoms. The normalized spacial score (nSPS) is 24.6. The Morgan fingerprint density at radius 2 is 1.83 bits per heavy atom. The average Bonchev–Trinajstić information content (AvgIpc) is 2.89. The lowest BCUT2D eigenvalue weighted by Crippen LogP contribution is -2.40. The molecule has 0 N–H and O–H groups in total. The SMILES string of the molecule is Br.Cc1c2n(c3ccccc13)CCOC2(C)CCN1CCCCC1. The van der Waals surface area contributed by atoms with Crippen molar-refractivity contribution in [2.75, 3.05) is 26.2 Å². The second-order valence-electron chi connectivity index (χ2n) is 7.37. The summed E-state index contributed by atoms with van der Waals surface area (Å²) in [4.78, 5) is 2.62. The number of benzene rings is 1. The molecule has 4 heteroatoms. The number of piperidine rings is 1. The van der Waals surface area contributed by atoms with Crippen molar-refractivity contribution in [1.82, 2.24) is 9.47 Å². The molecule has 1 fully saturated rings. The Morgan fingerprint density at radius 3 is 2.62 bits per heavy atom. The molecule has 2 aliphatic rings. The monoisotopic (exact) mass is 392 g/mol. The van der Waals surface area contributed by atoms with Gasteiger partial charge < -0.3 is 14.2 Å². The summed E-state index contributed by atoms with van der Waals surface area (Å²) < 4.78 is 8.85. The van der Waals surface area contributed by atoms with E-state index in [1.165, 1.54) is 54.5 Å². The molecule has 3 heterocycles. The molecule has 132 valence electrons. The van der Waals surface area contributed by atoms with Crippen molar-refractivity contribution in [2.24, 2.45) is 0 Å². The Morgan fingerprint density at radius 1 is 1.08 bits per heavy atom. The zero-order valence-corrected chi connectivity index (χ0v) is 16.6. The van der Waals surface area contributed by atoms with Gasteiger partial charge in [0.25, 0.3) is 0 Å². The molecular formula is C20H29BrN2O. The zero-order valence-electron chi connectivity index (χ0n) is 14.9. The molecule has 0 aliphatic carbocycles. The lowest BCUT2D eigenvalue weighted by molar-refractivity contribution is -0.0742. The maximum absolute atomic E-state index is 6.35. The summed E-state index contributed by atoms with van der Waals surface area (Å²) >= 11 is 0. The summed E-state index contributed by atoms with van der Waals surface area (Å²) in [5.74, 6) is 0. The lowest BCUT2D eigenvalue weighted by Gasteiger charge is -2.38. The van der Waals surface area contributed by atoms with E-state index < -0.39 is 0 Å². The number of fused-ring (bicyclic) bond motifs is 3. The van der Waals surface area contributed by atoms with Gasteiger partial charge in [-0.1, -0.05) is 24.6 Å². The smallest absolute Gasteiger partial charge is 0.107 e. The highest BCUT2D eigenvalue weighted by Gasteiger charge is 2.37. The van der Waals surface area contributed by atoms with Gasteiger partial charge in [-0.15, -0.1) is 17.0 Å². The molecule has 0 spiro atoms. The van der Waals surface area contributed by atoms with Crippen molar-refractivity contribution in [2.45, 2.75) is 51.7 Å². The molecule has 0 radical (unpaired) electrons. The van der Waals surface area contributed by atoms with Gasteiger partial charge >= 0.3 is 0 Å². The van der Waals surface area contributed by atoms with Crippen LogP contribution in [0.25, 0.3) is 10.9 Å². The van der Waals surface area contributed by atoms with E-state index in [0.717, 1.165) is 26.1 Å². The van der Waals surface area contributed by atoms with Gasteiger partial charge in [0.05, 0.1) is 12.3 Å². The molecule has 1 aromatic carbocycles. The first-order valence-corrected chi connectivity index (χ1v) is 9.14. The van der Waals surface area contributed by atoms with Crippen molar-refractivity contribution < 1.29 is 4.74 Å². The minimum absolute atomic E-state index is 0. The largest absolute Gasteiger partial charge is 0.367 e. The number of para-hydroxylation sites is 1. The molecule has 2 aromatic rings. The number of aryl methyl sites for hydroxylation is 1. The number of hydrogen-bond donors (Lipinski definition) is 0. The average molecular weight is 393 g/mol. The summed E-state index contributed by atoms with van der Waals surface area (Å²) in [7, 11) is 0. The van der Waals surface area contributed by atoms with Crippen LogP contribution in [0.4, 0.5) is 0 Å². The molecule has 0 amide bonds. The number of halogens is 1. The third-order valence-corrected chi connectivity index (χ3v) is 5.81. The Labute approximate surface area is 155 Å². The van der Waals surface area contributed by atoms with Crippen LogP contribution in [0.3, 0.4) is 0 Å². The topological polar surface area (TPSA) is 17.4 Å². The predicted octanol–water partition coefficient (Wildman–Crippen LogP) is 4.65. The fourth-order valence-electron chi connectivity index (χ4n) is 4.57. The summed E-state index contributed by atoms with van der Waals surface area (Å²) in [5, 5.41) is 1.39. The Balaban J connectivity index is 0.00000169. The standard InChI is InChI=1S/C20H28N2O.BrH/c1-16-17-8-4-5-9-18(17)22-14-15-23-20(2,19(16)22)10-13-21-11-6-3-7-12-21;/h4-5,8-9H,3,6-7,10-15H2,1-2H3;1H. The Bertz CT molecular complexity index is 705. The van der Waals surface area contributed by atoms with Crippen LogP contribution < -0.4 is 0 Å². The van der Waals surface area contributed by atoms with Gasteiger partial charge in [-0.25, -0.2) is 0 Å². The molecule has 1 aromatic heterocycles. The van der Waals surface area contributed by atoms with Gasteiger partial charge in [-0.3, -0.25) is 0 Å². The van der Waals surface area contributed by atoms with Gasteiger partial charge in [0.15, 0.2) is 0 Å². The number of likely N-dealkylation sites (tertiary alicyclic amines) is 1. The summed E-state index contributed by atoms with van der Waals surface area (Å²) in [6.45, 7) is 10.0. The first kappa shape index (κ1) is 18.0. The zero-order chi connectivity index (χ0) is 15.9. The molecule has 1 atom stereocenters. The first-order valence-electron chi connectivity index (χ1n) is 9.14. The number of aromatic nitrogens is 1. The van der Waals surface area contributed by atoms with Gasteiger partial charge in [0, 0.05) is 24.0 Å². The highest BCUT2D eigenvalue weighted by atomic mass is 79.9. The molecule has 2 aliphatic heterocycles. The maximum atomic E-state index is 6.35. The van der Waals surface area contributed by atoms with Crippen LogP contribution in [0, 0.1) is 6.92 Å². The van der Waals surface area contributed by atoms with Crippen LogP contribution in [0.5, 0.6) is 0 Å². The third kappa shape index (κ3) is 3.04. The molecule has 0 bridgehead atoms. The highest BCUT2D eigenvalue weighted by molar-refractivity contribution is 8.93. The Hall–Kier alpha value is -0.840. The molecule has 4 rings (SSSR count). The molecular weight excluding hydrogens is 364 g/mol. The third-order valence-electron chi connectivity index (χ3n) is 5.81. The number of ether oxygens (including phenoxy) is 1. The second-order valence-corrected chi connectivity index (χ2v) is 7.37. The van der Waals surface area contributed by atoms with Crippen molar-refractivity contribution in [3.8, 4) is 0 Å². The van der Waals surface area contributed by atoms with Crippen LogP contribution >= 0.6 is 17.0 Å². The lowest BCUT2D eigenvalue weighted by atomic mass is 9.92. The van der Waals surface area contributed by atoms with E-state index >= 15 is 0 Å². The second kappa shape index (κ2) is 7.19. The van der Waals surface area contributed by atoms with Crippen LogP contribution in [0.2, 0.25) is 0 Å². The minimum Gasteiger partial charge on any atom is -0.367 e. The van der Waals surface area contributed by atoms with Gasteiger partial charge in [0.2, 0.25) is 0 Å². The quantitative estimate of drug-likeness (QED) is 0.755. The van der Waals surface area contributed by atoms with Crippen molar-refractivity contribution >= 4 is 27.9 Å². The van der Waals surface area contributed by atoms with E-state index in [4.69, 9.17) is 4.74 Å². The van der Waals surface area contributed by atoms with Gasteiger partial charge in [-0.2, -0.15) is 0 Å². The van der Waals surface area contributed by atoms with E-state index in [0.29, 0.717) is 0 Å². The molecule has 0 saturated carbocycles. The van der Waals surface area contributed by atoms with E-state index in [1.54, 1.807) is 0 Å². The fourth-order valence-corrected chi connectivity index (χ4v) is 4.57. The van der Waals surface area contributed by atoms with Crippen molar-refractivity contribution in [3.05, 3.63) is 35.5 Å². The van der Waals surface area contributed by atoms with Crippen LogP contribution in [-0.2, 0) is 16.9 Å². The van der Waals surface area contributed by atoms with E-state index in [9.17, 15) is 0 Å². The van der Waals surface area contributed by atoms with E-state index in [2.05, 4.69) is 47.6 Å². The molecule has 1 unspecified atom stereocenters. The molecule has 1 saturated heterocycles. The van der Waals surface area contributed by atoms with Crippen LogP contribution in [0.1, 0.15) is 43.9 Å².